The Morgan fingerprint density at radius 3 is 2.72 bits per heavy atom. The third-order valence-electron chi connectivity index (χ3n) is 4.76. The summed E-state index contributed by atoms with van der Waals surface area (Å²) < 4.78 is 6.89. The van der Waals surface area contributed by atoms with Gasteiger partial charge in [0.05, 0.1) is 10.2 Å². The highest BCUT2D eigenvalue weighted by Crippen LogP contribution is 2.31. The van der Waals surface area contributed by atoms with Crippen molar-refractivity contribution in [3.05, 3.63) is 42.2 Å². The maximum Gasteiger partial charge on any atom is 0.301 e. The van der Waals surface area contributed by atoms with E-state index in [2.05, 4.69) is 24.3 Å². The summed E-state index contributed by atoms with van der Waals surface area (Å²) in [5.74, 6) is 0.748. The Bertz CT molecular complexity index is 858. The number of fused-ring (bicyclic) bond motifs is 1. The van der Waals surface area contributed by atoms with Crippen LogP contribution in [0.2, 0.25) is 0 Å². The average Bonchev–Trinajstić information content (AvgIpc) is 3.24. The summed E-state index contributed by atoms with van der Waals surface area (Å²) in [6.07, 6.45) is 3.40. The van der Waals surface area contributed by atoms with Gasteiger partial charge in [0.1, 0.15) is 0 Å². The zero-order valence-corrected chi connectivity index (χ0v) is 15.2. The van der Waals surface area contributed by atoms with Crippen LogP contribution in [0.25, 0.3) is 21.0 Å². The molecule has 0 aliphatic carbocycles. The fourth-order valence-electron chi connectivity index (χ4n) is 3.37. The third kappa shape index (κ3) is 3.19. The van der Waals surface area contributed by atoms with Crippen molar-refractivity contribution in [2.75, 3.05) is 0 Å². The van der Waals surface area contributed by atoms with Crippen molar-refractivity contribution < 1.29 is 9.21 Å². The SMILES string of the molecule is CC1CCCC(C)N1NC(=O)c1ccc(-c2nc3ccccc3s2)o1. The molecule has 0 radical (unpaired) electrons. The first-order valence-electron chi connectivity index (χ1n) is 8.67. The summed E-state index contributed by atoms with van der Waals surface area (Å²) in [7, 11) is 0. The van der Waals surface area contributed by atoms with Crippen molar-refractivity contribution in [3.8, 4) is 10.8 Å². The maximum absolute atomic E-state index is 12.6. The molecule has 130 valence electrons. The smallest absolute Gasteiger partial charge is 0.301 e. The number of nitrogens with zero attached hydrogens (tertiary/aromatic N) is 2. The molecule has 2 atom stereocenters. The Morgan fingerprint density at radius 1 is 1.20 bits per heavy atom. The van der Waals surface area contributed by atoms with E-state index in [0.717, 1.165) is 28.1 Å². The van der Waals surface area contributed by atoms with Crippen LogP contribution in [0.15, 0.2) is 40.8 Å². The third-order valence-corrected chi connectivity index (χ3v) is 5.81. The first-order valence-corrected chi connectivity index (χ1v) is 9.48. The van der Waals surface area contributed by atoms with Crippen molar-refractivity contribution >= 4 is 27.5 Å². The molecule has 1 aromatic carbocycles. The van der Waals surface area contributed by atoms with Crippen LogP contribution in [0.3, 0.4) is 0 Å². The van der Waals surface area contributed by atoms with E-state index in [0.29, 0.717) is 23.6 Å². The number of piperidine rings is 1. The number of carbonyl (C=O) groups is 1. The lowest BCUT2D eigenvalue weighted by molar-refractivity contribution is 0.0351. The number of rotatable bonds is 3. The molecule has 1 N–H and O–H groups in total. The molecule has 3 aromatic rings. The molecule has 0 saturated carbocycles. The molecule has 5 nitrogen and oxygen atoms in total. The van der Waals surface area contributed by atoms with Gasteiger partial charge in [0.15, 0.2) is 16.5 Å². The normalized spacial score (nSPS) is 21.5. The van der Waals surface area contributed by atoms with Gasteiger partial charge in [-0.2, -0.15) is 0 Å². The van der Waals surface area contributed by atoms with Crippen molar-refractivity contribution in [1.82, 2.24) is 15.4 Å². The van der Waals surface area contributed by atoms with Crippen molar-refractivity contribution in [1.29, 1.82) is 0 Å². The minimum atomic E-state index is -0.201. The van der Waals surface area contributed by atoms with Gasteiger partial charge in [-0.3, -0.25) is 10.2 Å². The number of carbonyl (C=O) groups excluding carboxylic acids is 1. The summed E-state index contributed by atoms with van der Waals surface area (Å²) in [6.45, 7) is 4.29. The maximum atomic E-state index is 12.6. The molecule has 1 aliphatic rings. The van der Waals surface area contributed by atoms with Crippen LogP contribution in [0.1, 0.15) is 43.7 Å². The summed E-state index contributed by atoms with van der Waals surface area (Å²) in [6, 6.07) is 12.2. The van der Waals surface area contributed by atoms with Crippen LogP contribution in [0.4, 0.5) is 0 Å². The molecule has 3 heterocycles. The topological polar surface area (TPSA) is 58.4 Å². The number of thiazole rings is 1. The summed E-state index contributed by atoms with van der Waals surface area (Å²) in [4.78, 5) is 17.1. The highest BCUT2D eigenvalue weighted by molar-refractivity contribution is 7.21. The molecule has 0 bridgehead atoms. The largest absolute Gasteiger partial charge is 0.448 e. The Morgan fingerprint density at radius 2 is 1.96 bits per heavy atom. The average molecular weight is 355 g/mol. The number of benzene rings is 1. The van der Waals surface area contributed by atoms with E-state index in [1.807, 2.05) is 35.3 Å². The van der Waals surface area contributed by atoms with Crippen LogP contribution >= 0.6 is 11.3 Å². The molecular weight excluding hydrogens is 334 g/mol. The van der Waals surface area contributed by atoms with Crippen LogP contribution in [0, 0.1) is 0 Å². The summed E-state index contributed by atoms with van der Waals surface area (Å²) >= 11 is 1.56. The number of hydrogen-bond donors (Lipinski definition) is 1. The number of para-hydroxylation sites is 1. The highest BCUT2D eigenvalue weighted by atomic mass is 32.1. The van der Waals surface area contributed by atoms with Gasteiger partial charge in [0.2, 0.25) is 0 Å². The van der Waals surface area contributed by atoms with Gasteiger partial charge in [-0.15, -0.1) is 11.3 Å². The fourth-order valence-corrected chi connectivity index (χ4v) is 4.29. The van der Waals surface area contributed by atoms with E-state index < -0.39 is 0 Å². The van der Waals surface area contributed by atoms with Crippen LogP contribution < -0.4 is 5.43 Å². The predicted molar refractivity (Wildman–Crippen MR) is 99.4 cm³/mol. The monoisotopic (exact) mass is 355 g/mol. The lowest BCUT2D eigenvalue weighted by Crippen LogP contribution is -2.54. The Kier molecular flexibility index (Phi) is 4.31. The van der Waals surface area contributed by atoms with E-state index in [-0.39, 0.29) is 5.91 Å². The number of aromatic nitrogens is 1. The van der Waals surface area contributed by atoms with E-state index in [1.165, 1.54) is 6.42 Å². The van der Waals surface area contributed by atoms with E-state index >= 15 is 0 Å². The highest BCUT2D eigenvalue weighted by Gasteiger charge is 2.27. The fraction of sp³-hybridized carbons (Fsp3) is 0.368. The zero-order valence-electron chi connectivity index (χ0n) is 14.4. The van der Waals surface area contributed by atoms with Gasteiger partial charge in [-0.1, -0.05) is 18.6 Å². The molecule has 25 heavy (non-hydrogen) atoms. The van der Waals surface area contributed by atoms with Gasteiger partial charge in [-0.05, 0) is 51.0 Å². The van der Waals surface area contributed by atoms with Gasteiger partial charge < -0.3 is 4.42 Å². The number of nitrogens with one attached hydrogen (secondary N) is 1. The Labute approximate surface area is 150 Å². The number of hydrazine groups is 1. The van der Waals surface area contributed by atoms with Crippen molar-refractivity contribution in [3.63, 3.8) is 0 Å². The van der Waals surface area contributed by atoms with Crippen LogP contribution in [-0.4, -0.2) is 28.0 Å². The van der Waals surface area contributed by atoms with E-state index in [4.69, 9.17) is 4.42 Å². The van der Waals surface area contributed by atoms with Crippen molar-refractivity contribution in [2.24, 2.45) is 0 Å². The lowest BCUT2D eigenvalue weighted by atomic mass is 10.00. The minimum absolute atomic E-state index is 0.201. The van der Waals surface area contributed by atoms with Gasteiger partial charge in [-0.25, -0.2) is 9.99 Å². The standard InChI is InChI=1S/C19H21N3O2S/c1-12-6-5-7-13(2)22(12)21-18(23)15-10-11-16(24-15)19-20-14-8-3-4-9-17(14)25-19/h3-4,8-13H,5-7H2,1-2H3,(H,21,23). The molecule has 1 saturated heterocycles. The molecule has 6 heteroatoms. The molecule has 2 aromatic heterocycles. The first-order chi connectivity index (χ1) is 12.1. The van der Waals surface area contributed by atoms with Gasteiger partial charge in [0.25, 0.3) is 0 Å². The number of amides is 1. The molecule has 1 aliphatic heterocycles. The Balaban J connectivity index is 1.53. The van der Waals surface area contributed by atoms with Crippen LogP contribution in [0.5, 0.6) is 0 Å². The number of furan rings is 1. The molecular formula is C19H21N3O2S. The number of hydrogen-bond acceptors (Lipinski definition) is 5. The van der Waals surface area contributed by atoms with Crippen molar-refractivity contribution in [2.45, 2.75) is 45.2 Å². The van der Waals surface area contributed by atoms with E-state index in [9.17, 15) is 4.79 Å². The molecule has 1 fully saturated rings. The second kappa shape index (κ2) is 6.61. The quantitative estimate of drug-likeness (QED) is 0.753. The van der Waals surface area contributed by atoms with Crippen LogP contribution in [-0.2, 0) is 0 Å². The zero-order chi connectivity index (χ0) is 17.4. The second-order valence-electron chi connectivity index (χ2n) is 6.63. The molecule has 1 amide bonds. The Hall–Kier alpha value is -2.18. The lowest BCUT2D eigenvalue weighted by Gasteiger charge is -2.38. The molecule has 2 unspecified atom stereocenters. The molecule has 0 spiro atoms. The molecule has 4 rings (SSSR count). The first kappa shape index (κ1) is 16.3. The summed E-state index contributed by atoms with van der Waals surface area (Å²) in [5.41, 5.74) is 3.95. The second-order valence-corrected chi connectivity index (χ2v) is 7.66. The van der Waals surface area contributed by atoms with Gasteiger partial charge in [0, 0.05) is 12.1 Å². The minimum Gasteiger partial charge on any atom is -0.448 e. The summed E-state index contributed by atoms with van der Waals surface area (Å²) in [5, 5.41) is 2.84. The van der Waals surface area contributed by atoms with E-state index in [1.54, 1.807) is 17.4 Å². The van der Waals surface area contributed by atoms with Gasteiger partial charge >= 0.3 is 5.91 Å². The predicted octanol–water partition coefficient (Wildman–Crippen LogP) is 4.46.